The Labute approximate surface area is 144 Å². The van der Waals surface area contributed by atoms with E-state index in [-0.39, 0.29) is 0 Å². The Hall–Kier alpha value is -0.700. The molecule has 0 aliphatic heterocycles. The van der Waals surface area contributed by atoms with Crippen molar-refractivity contribution in [3.63, 3.8) is 0 Å². The summed E-state index contributed by atoms with van der Waals surface area (Å²) in [7, 11) is -3.47. The third kappa shape index (κ3) is 3.29. The first-order valence-corrected chi connectivity index (χ1v) is 10.1. The predicted octanol–water partition coefficient (Wildman–Crippen LogP) is 3.55. The van der Waals surface area contributed by atoms with Crippen molar-refractivity contribution in [1.82, 2.24) is 14.1 Å². The lowest BCUT2D eigenvalue weighted by Gasteiger charge is -2.19. The van der Waals surface area contributed by atoms with Crippen molar-refractivity contribution in [2.75, 3.05) is 6.54 Å². The lowest BCUT2D eigenvalue weighted by molar-refractivity contribution is 0.423. The van der Waals surface area contributed by atoms with E-state index in [0.717, 1.165) is 27.3 Å². The zero-order valence-electron chi connectivity index (χ0n) is 13.1. The molecule has 0 aromatic carbocycles. The van der Waals surface area contributed by atoms with Crippen LogP contribution in [0.5, 0.6) is 0 Å². The molecule has 0 amide bonds. The zero-order valence-corrected chi connectivity index (χ0v) is 16.3. The lowest BCUT2D eigenvalue weighted by atomic mass is 10.2. The SMILES string of the molecule is CCN(Cc1c(C)nn(CC)c1C)S(=O)(=O)c1ccc(Br)s1. The number of sulfonamides is 1. The fourth-order valence-electron chi connectivity index (χ4n) is 2.38. The highest BCUT2D eigenvalue weighted by atomic mass is 79.9. The van der Waals surface area contributed by atoms with E-state index >= 15 is 0 Å². The Balaban J connectivity index is 2.36. The van der Waals surface area contributed by atoms with Crippen LogP contribution in [0, 0.1) is 13.8 Å². The summed E-state index contributed by atoms with van der Waals surface area (Å²) >= 11 is 4.55. The van der Waals surface area contributed by atoms with Gasteiger partial charge in [-0.05, 0) is 48.8 Å². The van der Waals surface area contributed by atoms with Crippen LogP contribution in [0.1, 0.15) is 30.8 Å². The molecular weight excluding hydrogens is 386 g/mol. The smallest absolute Gasteiger partial charge is 0.252 e. The summed E-state index contributed by atoms with van der Waals surface area (Å²) in [6, 6.07) is 3.40. The van der Waals surface area contributed by atoms with Crippen LogP contribution in [0.15, 0.2) is 20.1 Å². The topological polar surface area (TPSA) is 55.2 Å². The van der Waals surface area contributed by atoms with E-state index in [1.807, 2.05) is 32.4 Å². The second-order valence-corrected chi connectivity index (χ2v) is 9.58. The van der Waals surface area contributed by atoms with Crippen molar-refractivity contribution in [3.05, 3.63) is 32.9 Å². The van der Waals surface area contributed by atoms with E-state index in [4.69, 9.17) is 0 Å². The largest absolute Gasteiger partial charge is 0.270 e. The van der Waals surface area contributed by atoms with Gasteiger partial charge in [0.25, 0.3) is 10.0 Å². The van der Waals surface area contributed by atoms with Crippen LogP contribution >= 0.6 is 27.3 Å². The third-order valence-electron chi connectivity index (χ3n) is 3.66. The van der Waals surface area contributed by atoms with Gasteiger partial charge in [0, 0.05) is 30.9 Å². The summed E-state index contributed by atoms with van der Waals surface area (Å²) in [5, 5.41) is 4.47. The lowest BCUT2D eigenvalue weighted by Crippen LogP contribution is -2.30. The van der Waals surface area contributed by atoms with Gasteiger partial charge in [0.1, 0.15) is 4.21 Å². The number of aryl methyl sites for hydroxylation is 2. The summed E-state index contributed by atoms with van der Waals surface area (Å²) in [6.45, 7) is 9.36. The van der Waals surface area contributed by atoms with Gasteiger partial charge in [0.2, 0.25) is 0 Å². The first kappa shape index (κ1) is 17.7. The minimum atomic E-state index is -3.47. The van der Waals surface area contributed by atoms with Crippen LogP contribution in [-0.2, 0) is 23.1 Å². The number of rotatable bonds is 6. The maximum atomic E-state index is 12.8. The highest BCUT2D eigenvalue weighted by Gasteiger charge is 2.26. The fraction of sp³-hybridized carbons (Fsp3) is 0.500. The summed E-state index contributed by atoms with van der Waals surface area (Å²) < 4.78 is 30.1. The summed E-state index contributed by atoms with van der Waals surface area (Å²) in [4.78, 5) is 0. The van der Waals surface area contributed by atoms with E-state index in [1.54, 1.807) is 12.1 Å². The number of hydrogen-bond donors (Lipinski definition) is 0. The molecule has 0 fully saturated rings. The second-order valence-electron chi connectivity index (χ2n) is 4.95. The van der Waals surface area contributed by atoms with E-state index < -0.39 is 10.0 Å². The molecule has 0 saturated carbocycles. The van der Waals surface area contributed by atoms with Gasteiger partial charge in [0.15, 0.2) is 0 Å². The molecule has 2 rings (SSSR count). The number of nitrogens with zero attached hydrogens (tertiary/aromatic N) is 3. The molecule has 0 atom stereocenters. The van der Waals surface area contributed by atoms with Crippen LogP contribution in [0.2, 0.25) is 0 Å². The van der Waals surface area contributed by atoms with E-state index in [2.05, 4.69) is 21.0 Å². The van der Waals surface area contributed by atoms with Crippen LogP contribution in [-0.4, -0.2) is 29.0 Å². The van der Waals surface area contributed by atoms with Crippen molar-refractivity contribution in [2.24, 2.45) is 0 Å². The number of hydrogen-bond acceptors (Lipinski definition) is 4. The highest BCUT2D eigenvalue weighted by Crippen LogP contribution is 2.29. The number of thiophene rings is 1. The number of halogens is 1. The minimum absolute atomic E-state index is 0.353. The molecule has 122 valence electrons. The molecule has 0 unspecified atom stereocenters. The van der Waals surface area contributed by atoms with Crippen LogP contribution < -0.4 is 0 Å². The van der Waals surface area contributed by atoms with Crippen molar-refractivity contribution in [2.45, 2.75) is 45.0 Å². The van der Waals surface area contributed by atoms with E-state index in [1.165, 1.54) is 15.6 Å². The molecule has 22 heavy (non-hydrogen) atoms. The van der Waals surface area contributed by atoms with Gasteiger partial charge in [-0.1, -0.05) is 6.92 Å². The monoisotopic (exact) mass is 405 g/mol. The summed E-state index contributed by atoms with van der Waals surface area (Å²) in [5.41, 5.74) is 2.91. The molecule has 0 bridgehead atoms. The first-order chi connectivity index (χ1) is 10.3. The summed E-state index contributed by atoms with van der Waals surface area (Å²) in [5.74, 6) is 0. The third-order valence-corrected chi connectivity index (χ3v) is 7.67. The van der Waals surface area contributed by atoms with E-state index in [9.17, 15) is 8.42 Å². The Morgan fingerprint density at radius 1 is 1.32 bits per heavy atom. The molecule has 8 heteroatoms. The van der Waals surface area contributed by atoms with Gasteiger partial charge in [-0.25, -0.2) is 8.42 Å². The quantitative estimate of drug-likeness (QED) is 0.737. The van der Waals surface area contributed by atoms with Crippen molar-refractivity contribution in [3.8, 4) is 0 Å². The molecule has 0 saturated heterocycles. The Bertz CT molecular complexity index is 765. The van der Waals surface area contributed by atoms with Crippen molar-refractivity contribution in [1.29, 1.82) is 0 Å². The maximum absolute atomic E-state index is 12.8. The molecule has 0 aliphatic rings. The van der Waals surface area contributed by atoms with Crippen molar-refractivity contribution >= 4 is 37.3 Å². The molecule has 2 aromatic heterocycles. The molecule has 0 spiro atoms. The average Bonchev–Trinajstić information content (AvgIpc) is 3.01. The van der Waals surface area contributed by atoms with Crippen molar-refractivity contribution < 1.29 is 8.42 Å². The Morgan fingerprint density at radius 2 is 2.00 bits per heavy atom. The predicted molar refractivity (Wildman–Crippen MR) is 92.7 cm³/mol. The molecule has 5 nitrogen and oxygen atoms in total. The molecule has 0 N–H and O–H groups in total. The molecule has 0 radical (unpaired) electrons. The Morgan fingerprint density at radius 3 is 2.45 bits per heavy atom. The van der Waals surface area contributed by atoms with Gasteiger partial charge < -0.3 is 0 Å². The zero-order chi connectivity index (χ0) is 16.5. The molecular formula is C14H20BrN3O2S2. The van der Waals surface area contributed by atoms with Gasteiger partial charge >= 0.3 is 0 Å². The van der Waals surface area contributed by atoms with Crippen LogP contribution in [0.25, 0.3) is 0 Å². The standard InChI is InChI=1S/C14H20BrN3O2S2/c1-5-17(22(19,20)14-8-7-13(15)21-14)9-12-10(3)16-18(6-2)11(12)4/h7-8H,5-6,9H2,1-4H3. The van der Waals surface area contributed by atoms with Gasteiger partial charge in [0.05, 0.1) is 9.48 Å². The Kier molecular flexibility index (Phi) is 5.47. The fourth-order valence-corrected chi connectivity index (χ4v) is 5.96. The van der Waals surface area contributed by atoms with Gasteiger partial charge in [-0.3, -0.25) is 4.68 Å². The molecule has 2 heterocycles. The van der Waals surface area contributed by atoms with Gasteiger partial charge in [-0.2, -0.15) is 9.40 Å². The van der Waals surface area contributed by atoms with Crippen LogP contribution in [0.4, 0.5) is 0 Å². The van der Waals surface area contributed by atoms with Gasteiger partial charge in [-0.15, -0.1) is 11.3 Å². The van der Waals surface area contributed by atoms with Crippen LogP contribution in [0.3, 0.4) is 0 Å². The normalized spacial score (nSPS) is 12.3. The maximum Gasteiger partial charge on any atom is 0.252 e. The number of aromatic nitrogens is 2. The van der Waals surface area contributed by atoms with E-state index in [0.29, 0.717) is 17.3 Å². The summed E-state index contributed by atoms with van der Waals surface area (Å²) in [6.07, 6.45) is 0. The second kappa shape index (κ2) is 6.82. The minimum Gasteiger partial charge on any atom is -0.270 e. The first-order valence-electron chi connectivity index (χ1n) is 7.09. The molecule has 2 aromatic rings. The highest BCUT2D eigenvalue weighted by molar-refractivity contribution is 9.11. The molecule has 0 aliphatic carbocycles. The average molecular weight is 406 g/mol.